The molecule has 3 heteroatoms. The molecule has 1 rings (SSSR count). The molecular formula is C12H18O3. The molecule has 0 aromatic heterocycles. The Hall–Kier alpha value is -1.06. The Balaban J connectivity index is 2.35. The largest absolute Gasteiger partial charge is 0.468 e. The van der Waals surface area contributed by atoms with E-state index in [-0.39, 0.29) is 13.4 Å². The van der Waals surface area contributed by atoms with Crippen LogP contribution in [0.2, 0.25) is 0 Å². The Morgan fingerprint density at radius 2 is 1.87 bits per heavy atom. The van der Waals surface area contributed by atoms with E-state index >= 15 is 0 Å². The number of rotatable bonds is 7. The standard InChI is InChI=1S/C12H18O3/c1-14-10-15-12-7-5-11(6-8-12)4-2-3-9-13/h5-8,13H,2-4,9-10H2,1H3. The summed E-state index contributed by atoms with van der Waals surface area (Å²) in [6, 6.07) is 7.96. The second-order valence-corrected chi connectivity index (χ2v) is 3.38. The average Bonchev–Trinajstić information content (AvgIpc) is 2.28. The van der Waals surface area contributed by atoms with Crippen molar-refractivity contribution in [3.63, 3.8) is 0 Å². The maximum atomic E-state index is 8.65. The minimum Gasteiger partial charge on any atom is -0.468 e. The molecule has 0 radical (unpaired) electrons. The summed E-state index contributed by atoms with van der Waals surface area (Å²) < 4.78 is 10.1. The Labute approximate surface area is 90.6 Å². The molecule has 15 heavy (non-hydrogen) atoms. The van der Waals surface area contributed by atoms with Gasteiger partial charge in [0.2, 0.25) is 0 Å². The van der Waals surface area contributed by atoms with E-state index in [0.717, 1.165) is 25.0 Å². The van der Waals surface area contributed by atoms with Crippen LogP contribution in [0, 0.1) is 0 Å². The Bertz CT molecular complexity index is 256. The van der Waals surface area contributed by atoms with Gasteiger partial charge in [-0.25, -0.2) is 0 Å². The van der Waals surface area contributed by atoms with Crippen LogP contribution in [0.1, 0.15) is 18.4 Å². The molecule has 1 aromatic carbocycles. The van der Waals surface area contributed by atoms with Gasteiger partial charge < -0.3 is 14.6 Å². The molecule has 0 aliphatic heterocycles. The lowest BCUT2D eigenvalue weighted by atomic mass is 10.1. The number of hydrogen-bond donors (Lipinski definition) is 1. The van der Waals surface area contributed by atoms with Gasteiger partial charge in [-0.2, -0.15) is 0 Å². The van der Waals surface area contributed by atoms with Crippen LogP contribution in [0.3, 0.4) is 0 Å². The minimum atomic E-state index is 0.273. The quantitative estimate of drug-likeness (QED) is 0.552. The van der Waals surface area contributed by atoms with Gasteiger partial charge in [0.1, 0.15) is 5.75 Å². The number of ether oxygens (including phenoxy) is 2. The summed E-state index contributed by atoms with van der Waals surface area (Å²) in [5.74, 6) is 0.822. The molecule has 0 spiro atoms. The van der Waals surface area contributed by atoms with Crippen LogP contribution in [0.4, 0.5) is 0 Å². The molecule has 0 amide bonds. The lowest BCUT2D eigenvalue weighted by Crippen LogP contribution is -1.98. The number of aryl methyl sites for hydroxylation is 1. The Kier molecular flexibility index (Phi) is 5.81. The van der Waals surface area contributed by atoms with E-state index in [0.29, 0.717) is 0 Å². The van der Waals surface area contributed by atoms with Crippen LogP contribution in [-0.2, 0) is 11.2 Å². The highest BCUT2D eigenvalue weighted by molar-refractivity contribution is 5.27. The van der Waals surface area contributed by atoms with E-state index in [2.05, 4.69) is 0 Å². The van der Waals surface area contributed by atoms with Gasteiger partial charge >= 0.3 is 0 Å². The number of aliphatic hydroxyl groups excluding tert-OH is 1. The predicted molar refractivity (Wildman–Crippen MR) is 59.0 cm³/mol. The van der Waals surface area contributed by atoms with Crippen molar-refractivity contribution >= 4 is 0 Å². The summed E-state index contributed by atoms with van der Waals surface area (Å²) in [6.07, 6.45) is 2.89. The normalized spacial score (nSPS) is 10.3. The van der Waals surface area contributed by atoms with Crippen LogP contribution in [0.15, 0.2) is 24.3 Å². The van der Waals surface area contributed by atoms with E-state index in [1.54, 1.807) is 7.11 Å². The molecule has 0 atom stereocenters. The van der Waals surface area contributed by atoms with Crippen LogP contribution < -0.4 is 4.74 Å². The van der Waals surface area contributed by atoms with Crippen molar-refractivity contribution in [1.29, 1.82) is 0 Å². The van der Waals surface area contributed by atoms with Crippen molar-refractivity contribution < 1.29 is 14.6 Å². The highest BCUT2D eigenvalue weighted by Gasteiger charge is 1.95. The number of hydrogen-bond acceptors (Lipinski definition) is 3. The molecular weight excluding hydrogens is 192 g/mol. The van der Waals surface area contributed by atoms with Gasteiger partial charge in [-0.15, -0.1) is 0 Å². The fourth-order valence-corrected chi connectivity index (χ4v) is 1.32. The van der Waals surface area contributed by atoms with E-state index in [9.17, 15) is 0 Å². The van der Waals surface area contributed by atoms with Gasteiger partial charge in [0.15, 0.2) is 6.79 Å². The van der Waals surface area contributed by atoms with Crippen molar-refractivity contribution in [2.24, 2.45) is 0 Å². The fourth-order valence-electron chi connectivity index (χ4n) is 1.32. The van der Waals surface area contributed by atoms with Crippen molar-refractivity contribution in [3.8, 4) is 5.75 Å². The minimum absolute atomic E-state index is 0.273. The van der Waals surface area contributed by atoms with E-state index in [4.69, 9.17) is 14.6 Å². The van der Waals surface area contributed by atoms with Crippen molar-refractivity contribution in [3.05, 3.63) is 29.8 Å². The highest BCUT2D eigenvalue weighted by Crippen LogP contribution is 2.13. The molecule has 0 bridgehead atoms. The Morgan fingerprint density at radius 1 is 1.13 bits per heavy atom. The van der Waals surface area contributed by atoms with Gasteiger partial charge in [-0.05, 0) is 37.0 Å². The molecule has 3 nitrogen and oxygen atoms in total. The van der Waals surface area contributed by atoms with Crippen LogP contribution >= 0.6 is 0 Å². The lowest BCUT2D eigenvalue weighted by Gasteiger charge is -2.05. The van der Waals surface area contributed by atoms with Crippen LogP contribution in [0.5, 0.6) is 5.75 Å². The van der Waals surface area contributed by atoms with E-state index < -0.39 is 0 Å². The molecule has 1 N–H and O–H groups in total. The maximum absolute atomic E-state index is 8.65. The molecule has 84 valence electrons. The SMILES string of the molecule is COCOc1ccc(CCCCO)cc1. The smallest absolute Gasteiger partial charge is 0.188 e. The first-order chi connectivity index (χ1) is 7.36. The van der Waals surface area contributed by atoms with Crippen molar-refractivity contribution in [2.45, 2.75) is 19.3 Å². The van der Waals surface area contributed by atoms with Crippen LogP contribution in [-0.4, -0.2) is 25.6 Å². The fraction of sp³-hybridized carbons (Fsp3) is 0.500. The zero-order chi connectivity index (χ0) is 10.9. The summed E-state index contributed by atoms with van der Waals surface area (Å²) in [5, 5.41) is 8.65. The van der Waals surface area contributed by atoms with Gasteiger partial charge in [-0.1, -0.05) is 12.1 Å². The van der Waals surface area contributed by atoms with Crippen molar-refractivity contribution in [1.82, 2.24) is 0 Å². The summed E-state index contributed by atoms with van der Waals surface area (Å²) >= 11 is 0. The summed E-state index contributed by atoms with van der Waals surface area (Å²) in [7, 11) is 1.60. The number of methoxy groups -OCH3 is 1. The first kappa shape index (κ1) is 12.0. The van der Waals surface area contributed by atoms with Gasteiger partial charge in [-0.3, -0.25) is 0 Å². The summed E-state index contributed by atoms with van der Waals surface area (Å²) in [5.41, 5.74) is 1.27. The molecule has 0 saturated carbocycles. The molecule has 0 aliphatic rings. The van der Waals surface area contributed by atoms with Crippen molar-refractivity contribution in [2.75, 3.05) is 20.5 Å². The summed E-state index contributed by atoms with van der Waals surface area (Å²) in [4.78, 5) is 0. The number of benzene rings is 1. The maximum Gasteiger partial charge on any atom is 0.188 e. The first-order valence-electron chi connectivity index (χ1n) is 5.18. The number of aliphatic hydroxyl groups is 1. The third kappa shape index (κ3) is 4.81. The number of unbranched alkanes of at least 4 members (excludes halogenated alkanes) is 1. The molecule has 0 heterocycles. The lowest BCUT2D eigenvalue weighted by molar-refractivity contribution is 0.0511. The van der Waals surface area contributed by atoms with Gasteiger partial charge in [0, 0.05) is 13.7 Å². The van der Waals surface area contributed by atoms with Gasteiger partial charge in [0.25, 0.3) is 0 Å². The Morgan fingerprint density at radius 3 is 2.47 bits per heavy atom. The second kappa shape index (κ2) is 7.26. The summed E-state index contributed by atoms with van der Waals surface area (Å²) in [6.45, 7) is 0.554. The molecule has 0 aliphatic carbocycles. The first-order valence-corrected chi connectivity index (χ1v) is 5.18. The molecule has 0 fully saturated rings. The third-order valence-corrected chi connectivity index (χ3v) is 2.14. The third-order valence-electron chi connectivity index (χ3n) is 2.14. The molecule has 0 saturated heterocycles. The van der Waals surface area contributed by atoms with E-state index in [1.807, 2.05) is 24.3 Å². The van der Waals surface area contributed by atoms with Gasteiger partial charge in [0.05, 0.1) is 0 Å². The topological polar surface area (TPSA) is 38.7 Å². The molecule has 1 aromatic rings. The van der Waals surface area contributed by atoms with E-state index in [1.165, 1.54) is 5.56 Å². The highest BCUT2D eigenvalue weighted by atomic mass is 16.7. The zero-order valence-corrected chi connectivity index (χ0v) is 9.11. The van der Waals surface area contributed by atoms with Crippen LogP contribution in [0.25, 0.3) is 0 Å². The monoisotopic (exact) mass is 210 g/mol. The predicted octanol–water partition coefficient (Wildman–Crippen LogP) is 1.98. The average molecular weight is 210 g/mol. The zero-order valence-electron chi connectivity index (χ0n) is 9.11. The molecule has 0 unspecified atom stereocenters. The second-order valence-electron chi connectivity index (χ2n) is 3.38.